The molecule has 0 aliphatic rings. The maximum atomic E-state index is 5.30. The van der Waals surface area contributed by atoms with Gasteiger partial charge in [-0.15, -0.1) is 0 Å². The quantitative estimate of drug-likeness (QED) is 0.173. The Bertz CT molecular complexity index is 4270. The van der Waals surface area contributed by atoms with Gasteiger partial charge in [-0.1, -0.05) is 152 Å². The van der Waals surface area contributed by atoms with Crippen molar-refractivity contribution >= 4 is 87.0 Å². The second-order valence-corrected chi connectivity index (χ2v) is 17.4. The summed E-state index contributed by atoms with van der Waals surface area (Å²) in [5.74, 6) is 0. The van der Waals surface area contributed by atoms with E-state index in [4.69, 9.17) is 9.97 Å². The first kappa shape index (κ1) is 36.6. The van der Waals surface area contributed by atoms with Crippen molar-refractivity contribution in [2.75, 3.05) is 0 Å². The van der Waals surface area contributed by atoms with Crippen LogP contribution in [0.15, 0.2) is 231 Å². The molecule has 0 aliphatic heterocycles. The number of para-hydroxylation sites is 3. The Morgan fingerprint density at radius 2 is 0.712 bits per heavy atom. The van der Waals surface area contributed by atoms with Crippen LogP contribution >= 0.6 is 0 Å². The molecular weight excluding hydrogens is 801 g/mol. The molecule has 0 saturated carbocycles. The van der Waals surface area contributed by atoms with E-state index in [1.54, 1.807) is 0 Å². The molecule has 0 N–H and O–H groups in total. The van der Waals surface area contributed by atoms with E-state index >= 15 is 0 Å². The third kappa shape index (κ3) is 5.72. The molecule has 4 nitrogen and oxygen atoms in total. The van der Waals surface area contributed by atoms with Crippen LogP contribution in [0, 0.1) is 0 Å². The van der Waals surface area contributed by atoms with Crippen molar-refractivity contribution in [3.05, 3.63) is 231 Å². The molecule has 4 heteroatoms. The van der Waals surface area contributed by atoms with Crippen molar-refractivity contribution in [2.45, 2.75) is 0 Å². The maximum Gasteiger partial charge on any atom is 0.0973 e. The fourth-order valence-corrected chi connectivity index (χ4v) is 10.4. The zero-order valence-electron chi connectivity index (χ0n) is 35.7. The minimum atomic E-state index is 0.863. The highest BCUT2D eigenvalue weighted by Crippen LogP contribution is 2.41. The van der Waals surface area contributed by atoms with Gasteiger partial charge in [0.2, 0.25) is 0 Å². The van der Waals surface area contributed by atoms with Crippen molar-refractivity contribution in [2.24, 2.45) is 0 Å². The molecule has 0 unspecified atom stereocenters. The SMILES string of the molecule is c1ccc(-c2ccc(-c3nc4ccccc4nc3-c3ccc4ccc(-n5c6ccc(-n7c8ccccc8c8cc9ccccc9cc87)cc6c6cc7ccccc7cc65)cc4c3)cc2)cc1. The smallest absolute Gasteiger partial charge is 0.0973 e. The van der Waals surface area contributed by atoms with E-state index in [0.29, 0.717) is 0 Å². The summed E-state index contributed by atoms with van der Waals surface area (Å²) in [6, 6.07) is 83.5. The first-order valence-corrected chi connectivity index (χ1v) is 22.6. The number of fused-ring (bicyclic) bond motifs is 10. The van der Waals surface area contributed by atoms with Crippen LogP contribution in [0.25, 0.3) is 132 Å². The number of rotatable bonds is 5. The Hall–Kier alpha value is -8.86. The number of benzene rings is 11. The predicted octanol–water partition coefficient (Wildman–Crippen LogP) is 16.3. The lowest BCUT2D eigenvalue weighted by Gasteiger charge is -2.13. The van der Waals surface area contributed by atoms with Crippen LogP contribution in [0.3, 0.4) is 0 Å². The van der Waals surface area contributed by atoms with E-state index in [1.807, 2.05) is 24.3 Å². The summed E-state index contributed by atoms with van der Waals surface area (Å²) in [5.41, 5.74) is 14.9. The fourth-order valence-electron chi connectivity index (χ4n) is 10.4. The van der Waals surface area contributed by atoms with Gasteiger partial charge in [0.15, 0.2) is 0 Å². The molecular formula is C62H38N4. The molecule has 3 heterocycles. The van der Waals surface area contributed by atoms with Gasteiger partial charge in [-0.05, 0) is 122 Å². The second-order valence-electron chi connectivity index (χ2n) is 17.4. The van der Waals surface area contributed by atoms with Crippen molar-refractivity contribution < 1.29 is 0 Å². The Kier molecular flexibility index (Phi) is 7.95. The Morgan fingerprint density at radius 1 is 0.242 bits per heavy atom. The van der Waals surface area contributed by atoms with Gasteiger partial charge in [-0.2, -0.15) is 0 Å². The van der Waals surface area contributed by atoms with Crippen LogP contribution in [0.5, 0.6) is 0 Å². The highest BCUT2D eigenvalue weighted by atomic mass is 15.0. The van der Waals surface area contributed by atoms with Gasteiger partial charge in [-0.3, -0.25) is 0 Å². The van der Waals surface area contributed by atoms with Crippen LogP contribution in [0.2, 0.25) is 0 Å². The molecule has 0 saturated heterocycles. The lowest BCUT2D eigenvalue weighted by Crippen LogP contribution is -1.97. The van der Waals surface area contributed by atoms with Gasteiger partial charge < -0.3 is 9.13 Å². The molecule has 306 valence electrons. The van der Waals surface area contributed by atoms with Crippen LogP contribution in [0.1, 0.15) is 0 Å². The molecule has 0 radical (unpaired) electrons. The molecule has 0 bridgehead atoms. The average molecular weight is 839 g/mol. The van der Waals surface area contributed by atoms with Crippen LogP contribution in [-0.4, -0.2) is 19.1 Å². The zero-order chi connectivity index (χ0) is 43.3. The van der Waals surface area contributed by atoms with Crippen LogP contribution in [0.4, 0.5) is 0 Å². The van der Waals surface area contributed by atoms with E-state index in [2.05, 4.69) is 215 Å². The Morgan fingerprint density at radius 3 is 1.41 bits per heavy atom. The van der Waals surface area contributed by atoms with Gasteiger partial charge in [0.05, 0.1) is 44.5 Å². The maximum absolute atomic E-state index is 5.30. The lowest BCUT2D eigenvalue weighted by molar-refractivity contribution is 1.17. The van der Waals surface area contributed by atoms with E-state index < -0.39 is 0 Å². The first-order chi connectivity index (χ1) is 32.7. The van der Waals surface area contributed by atoms with Crippen molar-refractivity contribution in [3.8, 4) is 45.0 Å². The van der Waals surface area contributed by atoms with Crippen molar-refractivity contribution in [3.63, 3.8) is 0 Å². The molecule has 14 aromatic rings. The summed E-state index contributed by atoms with van der Waals surface area (Å²) in [5, 5.41) is 12.2. The Balaban J connectivity index is 0.954. The lowest BCUT2D eigenvalue weighted by atomic mass is 9.98. The van der Waals surface area contributed by atoms with E-state index in [9.17, 15) is 0 Å². The number of aromatic nitrogens is 4. The third-order valence-corrected chi connectivity index (χ3v) is 13.6. The van der Waals surface area contributed by atoms with Gasteiger partial charge >= 0.3 is 0 Å². The summed E-state index contributed by atoms with van der Waals surface area (Å²) in [4.78, 5) is 10.6. The molecule has 3 aromatic heterocycles. The minimum Gasteiger partial charge on any atom is -0.309 e. The zero-order valence-corrected chi connectivity index (χ0v) is 35.7. The molecule has 11 aromatic carbocycles. The summed E-state index contributed by atoms with van der Waals surface area (Å²) in [6.07, 6.45) is 0. The molecule has 0 spiro atoms. The molecule has 66 heavy (non-hydrogen) atoms. The van der Waals surface area contributed by atoms with Gasteiger partial charge in [0, 0.05) is 44.0 Å². The summed E-state index contributed by atoms with van der Waals surface area (Å²) >= 11 is 0. The highest BCUT2D eigenvalue weighted by molar-refractivity contribution is 6.16. The number of hydrogen-bond acceptors (Lipinski definition) is 2. The van der Waals surface area contributed by atoms with Gasteiger partial charge in [-0.25, -0.2) is 9.97 Å². The molecule has 0 amide bonds. The van der Waals surface area contributed by atoms with E-state index in [-0.39, 0.29) is 0 Å². The second kappa shape index (κ2) is 14.3. The van der Waals surface area contributed by atoms with Crippen molar-refractivity contribution in [1.82, 2.24) is 19.1 Å². The largest absolute Gasteiger partial charge is 0.309 e. The fraction of sp³-hybridized carbons (Fsp3) is 0. The topological polar surface area (TPSA) is 35.6 Å². The monoisotopic (exact) mass is 838 g/mol. The first-order valence-electron chi connectivity index (χ1n) is 22.6. The average Bonchev–Trinajstić information content (AvgIpc) is 3.87. The standard InChI is InChI=1S/C62H38N4/c1-2-12-39(13-3-1)40-22-25-42(26-23-40)61-62(64-56-20-10-9-19-55(56)63-61)47-27-24-41-28-29-49(33-48(41)32-47)65-58-31-30-50(38-54(58)53-35-44-15-5-7-17-46(44)37-60(53)65)66-57-21-11-8-18-51(57)52-34-43-14-4-6-16-45(43)36-59(52)66/h1-38H. The number of hydrogen-bond donors (Lipinski definition) is 0. The van der Waals surface area contributed by atoms with Crippen molar-refractivity contribution in [1.29, 1.82) is 0 Å². The van der Waals surface area contributed by atoms with E-state index in [1.165, 1.54) is 70.8 Å². The minimum absolute atomic E-state index is 0.863. The van der Waals surface area contributed by atoms with Gasteiger partial charge in [0.25, 0.3) is 0 Å². The number of nitrogens with zero attached hydrogens (tertiary/aromatic N) is 4. The van der Waals surface area contributed by atoms with Crippen LogP contribution < -0.4 is 0 Å². The van der Waals surface area contributed by atoms with Crippen LogP contribution in [-0.2, 0) is 0 Å². The molecule has 0 fully saturated rings. The molecule has 14 rings (SSSR count). The van der Waals surface area contributed by atoms with E-state index in [0.717, 1.165) is 61.2 Å². The summed E-state index contributed by atoms with van der Waals surface area (Å²) in [6.45, 7) is 0. The molecule has 0 aliphatic carbocycles. The summed E-state index contributed by atoms with van der Waals surface area (Å²) in [7, 11) is 0. The molecule has 0 atom stereocenters. The normalized spacial score (nSPS) is 11.9. The predicted molar refractivity (Wildman–Crippen MR) is 277 cm³/mol. The Labute approximate surface area is 379 Å². The third-order valence-electron chi connectivity index (χ3n) is 13.6. The van der Waals surface area contributed by atoms with Gasteiger partial charge in [0.1, 0.15) is 0 Å². The highest BCUT2D eigenvalue weighted by Gasteiger charge is 2.19. The summed E-state index contributed by atoms with van der Waals surface area (Å²) < 4.78 is 4.89.